The van der Waals surface area contributed by atoms with Gasteiger partial charge >= 0.3 is 21.2 Å². The van der Waals surface area contributed by atoms with Crippen molar-refractivity contribution in [2.45, 2.75) is 64.0 Å². The van der Waals surface area contributed by atoms with Crippen molar-refractivity contribution in [1.82, 2.24) is 0 Å². The second-order valence-electron chi connectivity index (χ2n) is 6.73. The molecule has 0 aromatic heterocycles. The van der Waals surface area contributed by atoms with E-state index in [1.807, 2.05) is 13.8 Å². The Labute approximate surface area is 162 Å². The van der Waals surface area contributed by atoms with Crippen molar-refractivity contribution in [2.24, 2.45) is 0 Å². The number of unbranched alkanes of at least 4 members (excludes halogenated alkanes) is 2. The molecule has 0 saturated heterocycles. The molecule has 162 valence electrons. The van der Waals surface area contributed by atoms with E-state index in [0.29, 0.717) is 25.3 Å². The van der Waals surface area contributed by atoms with Crippen LogP contribution in [0.1, 0.15) is 49.8 Å². The minimum Gasteiger partial charge on any atom is -0.377 e. The zero-order valence-corrected chi connectivity index (χ0v) is 17.3. The predicted molar refractivity (Wildman–Crippen MR) is 94.8 cm³/mol. The molecule has 0 amide bonds. The summed E-state index contributed by atoms with van der Waals surface area (Å²) in [5, 5.41) is 0. The van der Waals surface area contributed by atoms with Crippen molar-refractivity contribution in [1.29, 1.82) is 0 Å². The second-order valence-corrected chi connectivity index (χ2v) is 9.65. The zero-order valence-electron chi connectivity index (χ0n) is 16.3. The Morgan fingerprint density at radius 3 is 1.71 bits per heavy atom. The molecule has 1 rings (SSSR count). The molecular formula is C18H26F6O3Si. The van der Waals surface area contributed by atoms with E-state index in [4.69, 9.17) is 13.3 Å². The highest BCUT2D eigenvalue weighted by Crippen LogP contribution is 2.36. The monoisotopic (exact) mass is 432 g/mol. The minimum atomic E-state index is -4.83. The summed E-state index contributed by atoms with van der Waals surface area (Å²) in [7, 11) is 0.198. The Morgan fingerprint density at radius 1 is 0.821 bits per heavy atom. The van der Waals surface area contributed by atoms with Gasteiger partial charge in [0.05, 0.1) is 11.1 Å². The van der Waals surface area contributed by atoms with Gasteiger partial charge in [-0.2, -0.15) is 26.3 Å². The molecular weight excluding hydrogens is 406 g/mol. The van der Waals surface area contributed by atoms with E-state index in [2.05, 4.69) is 0 Å². The summed E-state index contributed by atoms with van der Waals surface area (Å²) < 4.78 is 93.9. The zero-order chi connectivity index (χ0) is 21.6. The Balaban J connectivity index is 2.72. The van der Waals surface area contributed by atoms with Crippen molar-refractivity contribution < 1.29 is 39.6 Å². The molecule has 0 N–H and O–H groups in total. The first-order valence-electron chi connectivity index (χ1n) is 8.89. The number of benzene rings is 1. The summed E-state index contributed by atoms with van der Waals surface area (Å²) in [5.74, 6) is 0. The van der Waals surface area contributed by atoms with E-state index in [-0.39, 0.29) is 24.2 Å². The molecule has 0 bridgehead atoms. The van der Waals surface area contributed by atoms with Crippen molar-refractivity contribution in [3.05, 3.63) is 34.9 Å². The number of rotatable bonds is 10. The van der Waals surface area contributed by atoms with Gasteiger partial charge in [-0.05, 0) is 56.9 Å². The first kappa shape index (κ1) is 24.9. The van der Waals surface area contributed by atoms with Gasteiger partial charge in [0.15, 0.2) is 0 Å². The molecule has 0 saturated carbocycles. The topological polar surface area (TPSA) is 27.7 Å². The summed E-state index contributed by atoms with van der Waals surface area (Å²) in [6.45, 7) is 3.71. The van der Waals surface area contributed by atoms with Crippen LogP contribution < -0.4 is 0 Å². The van der Waals surface area contributed by atoms with E-state index < -0.39 is 32.3 Å². The highest BCUT2D eigenvalue weighted by Gasteiger charge is 2.39. The number of hydrogen-bond acceptors (Lipinski definition) is 3. The average Bonchev–Trinajstić information content (AvgIpc) is 2.58. The van der Waals surface area contributed by atoms with Gasteiger partial charge in [-0.1, -0.05) is 6.42 Å². The van der Waals surface area contributed by atoms with Crippen LogP contribution in [-0.4, -0.2) is 29.1 Å². The molecule has 1 aromatic rings. The average molecular weight is 432 g/mol. The lowest BCUT2D eigenvalue weighted by Crippen LogP contribution is -2.45. The van der Waals surface area contributed by atoms with Gasteiger partial charge in [-0.25, -0.2) is 0 Å². The van der Waals surface area contributed by atoms with Gasteiger partial charge in [0.2, 0.25) is 0 Å². The van der Waals surface area contributed by atoms with Crippen LogP contribution in [0.2, 0.25) is 6.04 Å². The largest absolute Gasteiger partial charge is 0.500 e. The molecule has 0 atom stereocenters. The molecule has 0 heterocycles. The molecule has 0 spiro atoms. The van der Waals surface area contributed by atoms with E-state index in [0.717, 1.165) is 12.1 Å². The third kappa shape index (κ3) is 7.73. The molecule has 3 nitrogen and oxygen atoms in total. The van der Waals surface area contributed by atoms with Crippen molar-refractivity contribution in [2.75, 3.05) is 14.2 Å². The van der Waals surface area contributed by atoms with Crippen LogP contribution >= 0.6 is 0 Å². The van der Waals surface area contributed by atoms with Gasteiger partial charge in [0.1, 0.15) is 0 Å². The summed E-state index contributed by atoms with van der Waals surface area (Å²) in [5.41, 5.74) is -2.55. The Bertz CT molecular complexity index is 580. The number of halogens is 6. The summed E-state index contributed by atoms with van der Waals surface area (Å²) in [4.78, 5) is 0. The molecule has 0 fully saturated rings. The van der Waals surface area contributed by atoms with Gasteiger partial charge in [-0.15, -0.1) is 0 Å². The summed E-state index contributed by atoms with van der Waals surface area (Å²) in [6.07, 6.45) is -7.95. The fourth-order valence-corrected chi connectivity index (χ4v) is 5.10. The maximum absolute atomic E-state index is 12.9. The van der Waals surface area contributed by atoms with Crippen molar-refractivity contribution >= 4 is 8.80 Å². The van der Waals surface area contributed by atoms with Gasteiger partial charge < -0.3 is 13.3 Å². The third-order valence-corrected chi connectivity index (χ3v) is 7.17. The van der Waals surface area contributed by atoms with Gasteiger partial charge in [0.25, 0.3) is 0 Å². The first-order chi connectivity index (χ1) is 12.8. The molecule has 0 aliphatic carbocycles. The maximum atomic E-state index is 12.9. The standard InChI is InChI=1S/C18H26F6O3Si/c1-13(2)27-28(25-3,26-4)9-7-5-6-8-14-10-15(17(19,20)21)12-16(11-14)18(22,23)24/h10-13H,5-9H2,1-4H3. The van der Waals surface area contributed by atoms with Crippen LogP contribution in [0.5, 0.6) is 0 Å². The van der Waals surface area contributed by atoms with Crippen LogP contribution in [0, 0.1) is 0 Å². The van der Waals surface area contributed by atoms with E-state index >= 15 is 0 Å². The lowest BCUT2D eigenvalue weighted by Gasteiger charge is -2.28. The lowest BCUT2D eigenvalue weighted by molar-refractivity contribution is -0.143. The number of alkyl halides is 6. The number of hydrogen-bond donors (Lipinski definition) is 0. The highest BCUT2D eigenvalue weighted by molar-refractivity contribution is 6.60. The predicted octanol–water partition coefficient (Wildman–Crippen LogP) is 6.09. The Kier molecular flexibility index (Phi) is 8.98. The Hall–Kier alpha value is -1.10. The van der Waals surface area contributed by atoms with Crippen LogP contribution in [-0.2, 0) is 32.1 Å². The van der Waals surface area contributed by atoms with Crippen LogP contribution in [0.4, 0.5) is 26.3 Å². The smallest absolute Gasteiger partial charge is 0.377 e. The van der Waals surface area contributed by atoms with Crippen molar-refractivity contribution in [3.8, 4) is 0 Å². The third-order valence-electron chi connectivity index (χ3n) is 4.13. The van der Waals surface area contributed by atoms with E-state index in [9.17, 15) is 26.3 Å². The maximum Gasteiger partial charge on any atom is 0.500 e. The SMILES string of the molecule is CO[Si](CCCCCc1cc(C(F)(F)F)cc(C(F)(F)F)c1)(OC)OC(C)C. The minimum absolute atomic E-state index is 0.0163. The second kappa shape index (κ2) is 10.1. The normalized spacial score (nSPS) is 13.4. The van der Waals surface area contributed by atoms with Gasteiger partial charge in [-0.3, -0.25) is 0 Å². The molecule has 28 heavy (non-hydrogen) atoms. The Morgan fingerprint density at radius 2 is 1.32 bits per heavy atom. The highest BCUT2D eigenvalue weighted by atomic mass is 28.4. The first-order valence-corrected chi connectivity index (χ1v) is 10.8. The van der Waals surface area contributed by atoms with Crippen LogP contribution in [0.25, 0.3) is 0 Å². The number of aryl methyl sites for hydroxylation is 1. The van der Waals surface area contributed by atoms with Crippen LogP contribution in [0.3, 0.4) is 0 Å². The quantitative estimate of drug-likeness (QED) is 0.254. The molecule has 0 aliphatic heterocycles. The summed E-state index contributed by atoms with van der Waals surface area (Å²) >= 11 is 0. The van der Waals surface area contributed by atoms with Crippen molar-refractivity contribution in [3.63, 3.8) is 0 Å². The molecule has 10 heteroatoms. The van der Waals surface area contributed by atoms with Crippen LogP contribution in [0.15, 0.2) is 18.2 Å². The molecule has 1 aromatic carbocycles. The van der Waals surface area contributed by atoms with Gasteiger partial charge in [0, 0.05) is 26.4 Å². The molecule has 0 radical (unpaired) electrons. The van der Waals surface area contributed by atoms with E-state index in [1.54, 1.807) is 0 Å². The lowest BCUT2D eigenvalue weighted by atomic mass is 10.0. The molecule has 0 unspecified atom stereocenters. The fraction of sp³-hybridized carbons (Fsp3) is 0.667. The summed E-state index contributed by atoms with van der Waals surface area (Å²) in [6, 6.07) is 2.22. The molecule has 0 aliphatic rings. The van der Waals surface area contributed by atoms with E-state index in [1.165, 1.54) is 14.2 Å². The fourth-order valence-electron chi connectivity index (χ4n) is 2.81.